The van der Waals surface area contributed by atoms with Crippen LogP contribution in [0.25, 0.3) is 0 Å². The standard InChI is InChI=1S/C16H22BrN3O2/c1-11(2)15(21)20-8-6-13(7-9-20)18-16(22)19-14-5-3-4-12(17)10-14/h3-5,10-11,13H,6-9H2,1-2H3,(H2,18,19,22). The smallest absolute Gasteiger partial charge is 0.319 e. The van der Waals surface area contributed by atoms with Crippen molar-refractivity contribution in [3.05, 3.63) is 28.7 Å². The van der Waals surface area contributed by atoms with Crippen LogP contribution < -0.4 is 10.6 Å². The van der Waals surface area contributed by atoms with E-state index in [4.69, 9.17) is 0 Å². The van der Waals surface area contributed by atoms with E-state index >= 15 is 0 Å². The number of amides is 3. The number of carbonyl (C=O) groups is 2. The molecule has 2 N–H and O–H groups in total. The zero-order chi connectivity index (χ0) is 16.1. The maximum Gasteiger partial charge on any atom is 0.319 e. The molecule has 1 aromatic rings. The van der Waals surface area contributed by atoms with Gasteiger partial charge in [0.25, 0.3) is 0 Å². The first-order chi connectivity index (χ1) is 10.5. The summed E-state index contributed by atoms with van der Waals surface area (Å²) in [4.78, 5) is 25.8. The highest BCUT2D eigenvalue weighted by atomic mass is 79.9. The molecule has 0 atom stereocenters. The second-order valence-electron chi connectivity index (χ2n) is 5.86. The van der Waals surface area contributed by atoms with Crippen LogP contribution >= 0.6 is 15.9 Å². The van der Waals surface area contributed by atoms with E-state index in [2.05, 4.69) is 26.6 Å². The van der Waals surface area contributed by atoms with Gasteiger partial charge >= 0.3 is 6.03 Å². The first kappa shape index (κ1) is 16.8. The summed E-state index contributed by atoms with van der Waals surface area (Å²) in [6.45, 7) is 5.24. The molecule has 0 aliphatic carbocycles. The molecule has 0 radical (unpaired) electrons. The lowest BCUT2D eigenvalue weighted by molar-refractivity contribution is -0.135. The van der Waals surface area contributed by atoms with Gasteiger partial charge in [0, 0.05) is 35.2 Å². The van der Waals surface area contributed by atoms with E-state index in [1.165, 1.54) is 0 Å². The molecule has 120 valence electrons. The van der Waals surface area contributed by atoms with Gasteiger partial charge in [-0.25, -0.2) is 4.79 Å². The summed E-state index contributed by atoms with van der Waals surface area (Å²) in [5.41, 5.74) is 0.749. The fourth-order valence-corrected chi connectivity index (χ4v) is 2.93. The van der Waals surface area contributed by atoms with Gasteiger partial charge < -0.3 is 15.5 Å². The Hall–Kier alpha value is -1.56. The molecule has 0 unspecified atom stereocenters. The monoisotopic (exact) mass is 367 g/mol. The third kappa shape index (κ3) is 4.73. The number of nitrogens with zero attached hydrogens (tertiary/aromatic N) is 1. The Balaban J connectivity index is 1.78. The summed E-state index contributed by atoms with van der Waals surface area (Å²) in [6, 6.07) is 7.38. The number of rotatable bonds is 3. The van der Waals surface area contributed by atoms with Crippen molar-refractivity contribution in [1.82, 2.24) is 10.2 Å². The van der Waals surface area contributed by atoms with E-state index in [9.17, 15) is 9.59 Å². The predicted molar refractivity (Wildman–Crippen MR) is 90.7 cm³/mol. The van der Waals surface area contributed by atoms with Crippen LogP contribution in [0.15, 0.2) is 28.7 Å². The number of urea groups is 1. The van der Waals surface area contributed by atoms with E-state index in [1.807, 2.05) is 43.0 Å². The van der Waals surface area contributed by atoms with Gasteiger partial charge in [-0.3, -0.25) is 4.79 Å². The molecule has 1 aliphatic rings. The summed E-state index contributed by atoms with van der Waals surface area (Å²) in [6.07, 6.45) is 1.59. The number of likely N-dealkylation sites (tertiary alicyclic amines) is 1. The van der Waals surface area contributed by atoms with Crippen LogP contribution in [-0.2, 0) is 4.79 Å². The normalized spacial score (nSPS) is 15.7. The number of anilines is 1. The van der Waals surface area contributed by atoms with Crippen LogP contribution in [0.2, 0.25) is 0 Å². The molecular weight excluding hydrogens is 346 g/mol. The minimum absolute atomic E-state index is 0.0318. The molecule has 0 bridgehead atoms. The zero-order valence-corrected chi connectivity index (χ0v) is 14.5. The van der Waals surface area contributed by atoms with Gasteiger partial charge in [-0.1, -0.05) is 35.8 Å². The van der Waals surface area contributed by atoms with Gasteiger partial charge in [0.2, 0.25) is 5.91 Å². The molecular formula is C16H22BrN3O2. The highest BCUT2D eigenvalue weighted by Crippen LogP contribution is 2.16. The summed E-state index contributed by atoms with van der Waals surface area (Å²) >= 11 is 3.37. The summed E-state index contributed by atoms with van der Waals surface area (Å²) < 4.78 is 0.922. The quantitative estimate of drug-likeness (QED) is 0.861. The Labute approximate surface area is 139 Å². The van der Waals surface area contributed by atoms with E-state index in [0.29, 0.717) is 13.1 Å². The Bertz CT molecular complexity index is 540. The van der Waals surface area contributed by atoms with Crippen molar-refractivity contribution in [3.8, 4) is 0 Å². The molecule has 0 spiro atoms. The lowest BCUT2D eigenvalue weighted by Crippen LogP contribution is -2.48. The minimum Gasteiger partial charge on any atom is -0.342 e. The highest BCUT2D eigenvalue weighted by Gasteiger charge is 2.25. The number of piperidine rings is 1. The lowest BCUT2D eigenvalue weighted by Gasteiger charge is -2.33. The summed E-state index contributed by atoms with van der Waals surface area (Å²) in [7, 11) is 0. The number of nitrogens with one attached hydrogen (secondary N) is 2. The Morgan fingerprint density at radius 1 is 1.27 bits per heavy atom. The Morgan fingerprint density at radius 2 is 1.95 bits per heavy atom. The highest BCUT2D eigenvalue weighted by molar-refractivity contribution is 9.10. The van der Waals surface area contributed by atoms with Crippen molar-refractivity contribution in [2.24, 2.45) is 5.92 Å². The fraction of sp³-hybridized carbons (Fsp3) is 0.500. The molecule has 1 aliphatic heterocycles. The van der Waals surface area contributed by atoms with Crippen LogP contribution in [0, 0.1) is 5.92 Å². The van der Waals surface area contributed by atoms with Crippen molar-refractivity contribution in [3.63, 3.8) is 0 Å². The van der Waals surface area contributed by atoms with Crippen molar-refractivity contribution in [1.29, 1.82) is 0 Å². The molecule has 5 nitrogen and oxygen atoms in total. The molecule has 0 saturated carbocycles. The third-order valence-electron chi connectivity index (χ3n) is 3.72. The topological polar surface area (TPSA) is 61.4 Å². The molecule has 1 saturated heterocycles. The van der Waals surface area contributed by atoms with E-state index in [1.54, 1.807) is 0 Å². The second-order valence-corrected chi connectivity index (χ2v) is 6.78. The number of benzene rings is 1. The second kappa shape index (κ2) is 7.63. The first-order valence-corrected chi connectivity index (χ1v) is 8.37. The molecule has 22 heavy (non-hydrogen) atoms. The summed E-state index contributed by atoms with van der Waals surface area (Å²) in [5.74, 6) is 0.223. The van der Waals surface area contributed by atoms with Gasteiger partial charge in [0.1, 0.15) is 0 Å². The number of hydrogen-bond donors (Lipinski definition) is 2. The minimum atomic E-state index is -0.202. The fourth-order valence-electron chi connectivity index (χ4n) is 2.53. The van der Waals surface area contributed by atoms with E-state index in [-0.39, 0.29) is 23.9 Å². The van der Waals surface area contributed by atoms with Gasteiger partial charge in [-0.05, 0) is 31.0 Å². The Morgan fingerprint density at radius 3 is 2.55 bits per heavy atom. The van der Waals surface area contributed by atoms with Crippen LogP contribution in [0.1, 0.15) is 26.7 Å². The average Bonchev–Trinajstić information content (AvgIpc) is 2.47. The van der Waals surface area contributed by atoms with Crippen LogP contribution in [0.3, 0.4) is 0 Å². The molecule has 2 rings (SSSR count). The predicted octanol–water partition coefficient (Wildman–Crippen LogP) is 3.22. The molecule has 1 heterocycles. The summed E-state index contributed by atoms with van der Waals surface area (Å²) in [5, 5.41) is 5.79. The molecule has 1 aromatic carbocycles. The average molecular weight is 368 g/mol. The van der Waals surface area contributed by atoms with Gasteiger partial charge in [0.15, 0.2) is 0 Å². The van der Waals surface area contributed by atoms with Gasteiger partial charge in [-0.15, -0.1) is 0 Å². The molecule has 0 aromatic heterocycles. The van der Waals surface area contributed by atoms with E-state index < -0.39 is 0 Å². The van der Waals surface area contributed by atoms with E-state index in [0.717, 1.165) is 23.0 Å². The lowest BCUT2D eigenvalue weighted by atomic mass is 10.0. The number of hydrogen-bond acceptors (Lipinski definition) is 2. The maximum absolute atomic E-state index is 12.0. The van der Waals surface area contributed by atoms with Crippen LogP contribution in [0.5, 0.6) is 0 Å². The van der Waals surface area contributed by atoms with Crippen molar-refractivity contribution in [2.45, 2.75) is 32.7 Å². The van der Waals surface area contributed by atoms with Crippen molar-refractivity contribution >= 4 is 33.6 Å². The molecule has 6 heteroatoms. The Kier molecular flexibility index (Phi) is 5.83. The number of carbonyl (C=O) groups excluding carboxylic acids is 2. The zero-order valence-electron chi connectivity index (χ0n) is 12.9. The SMILES string of the molecule is CC(C)C(=O)N1CCC(NC(=O)Nc2cccc(Br)c2)CC1. The van der Waals surface area contributed by atoms with Crippen LogP contribution in [0.4, 0.5) is 10.5 Å². The van der Waals surface area contributed by atoms with Crippen molar-refractivity contribution in [2.75, 3.05) is 18.4 Å². The van der Waals surface area contributed by atoms with Crippen molar-refractivity contribution < 1.29 is 9.59 Å². The molecule has 3 amide bonds. The first-order valence-electron chi connectivity index (χ1n) is 7.57. The maximum atomic E-state index is 12.0. The molecule has 1 fully saturated rings. The van der Waals surface area contributed by atoms with Gasteiger partial charge in [0.05, 0.1) is 0 Å². The van der Waals surface area contributed by atoms with Crippen LogP contribution in [-0.4, -0.2) is 36.0 Å². The number of halogens is 1. The van der Waals surface area contributed by atoms with Gasteiger partial charge in [-0.2, -0.15) is 0 Å². The largest absolute Gasteiger partial charge is 0.342 e. The third-order valence-corrected chi connectivity index (χ3v) is 4.21.